The summed E-state index contributed by atoms with van der Waals surface area (Å²) < 4.78 is 2.78. The van der Waals surface area contributed by atoms with Crippen molar-refractivity contribution in [3.8, 4) is 0 Å². The van der Waals surface area contributed by atoms with E-state index in [0.29, 0.717) is 5.33 Å². The lowest BCUT2D eigenvalue weighted by Crippen LogP contribution is -2.47. The van der Waals surface area contributed by atoms with Crippen LogP contribution in [0.1, 0.15) is 12.5 Å². The highest BCUT2D eigenvalue weighted by molar-refractivity contribution is 9.27. The summed E-state index contributed by atoms with van der Waals surface area (Å²) in [4.78, 5) is 12.4. The van der Waals surface area contributed by atoms with E-state index < -0.39 is 16.9 Å². The molecule has 0 aliphatic carbocycles. The molecule has 1 aromatic carbocycles. The lowest BCUT2D eigenvalue weighted by molar-refractivity contribution is -0.146. The molecule has 0 saturated carbocycles. The van der Waals surface area contributed by atoms with Gasteiger partial charge in [0.1, 0.15) is 0 Å². The van der Waals surface area contributed by atoms with Gasteiger partial charge in [0.05, 0.1) is 4.32 Å². The zero-order valence-corrected chi connectivity index (χ0v) is 19.7. The molecule has 20 heavy (non-hydrogen) atoms. The molecule has 1 atom stereocenters. The van der Waals surface area contributed by atoms with Gasteiger partial charge < -0.3 is 4.74 Å². The third-order valence-corrected chi connectivity index (χ3v) is 9.94. The van der Waals surface area contributed by atoms with E-state index >= 15 is 0 Å². The average Bonchev–Trinajstić information content (AvgIpc) is 2.39. The van der Waals surface area contributed by atoms with Crippen molar-refractivity contribution in [2.45, 2.75) is 17.9 Å². The van der Waals surface area contributed by atoms with E-state index in [9.17, 15) is 4.79 Å². The molecule has 0 N–H and O–H groups in total. The molecule has 0 bridgehead atoms. The van der Waals surface area contributed by atoms with Gasteiger partial charge >= 0.3 is 5.97 Å². The standard InChI is InChI=1S/C12H10Br6O2/c1-10(14,7-13)11(15,16)9(19)20-12(17,18)8-5-3-2-4-6-8/h2-6H,7H2,1H3. The Hall–Kier alpha value is 1.57. The van der Waals surface area contributed by atoms with Gasteiger partial charge in [0, 0.05) is 10.9 Å². The Kier molecular flexibility index (Phi) is 7.28. The summed E-state index contributed by atoms with van der Waals surface area (Å²) in [5.74, 6) is -0.478. The van der Waals surface area contributed by atoms with Crippen molar-refractivity contribution >= 4 is 102 Å². The molecule has 8 heteroatoms. The normalized spacial score (nSPS) is 15.6. The molecule has 1 rings (SSSR count). The van der Waals surface area contributed by atoms with Gasteiger partial charge in [-0.25, -0.2) is 4.79 Å². The minimum atomic E-state index is -1.09. The molecule has 0 aliphatic heterocycles. The fourth-order valence-corrected chi connectivity index (χ4v) is 3.77. The fraction of sp³-hybridized carbons (Fsp3) is 0.417. The SMILES string of the molecule is CC(Br)(CBr)C(Br)(Br)C(=O)OC(Br)(Br)c1ccccc1. The maximum absolute atomic E-state index is 12.4. The highest BCUT2D eigenvalue weighted by atomic mass is 79.9. The minimum Gasteiger partial charge on any atom is -0.431 e. The van der Waals surface area contributed by atoms with Crippen molar-refractivity contribution in [2.75, 3.05) is 5.33 Å². The molecule has 0 aliphatic rings. The molecule has 1 unspecified atom stereocenters. The summed E-state index contributed by atoms with van der Waals surface area (Å²) in [5, 5.41) is 0.536. The van der Waals surface area contributed by atoms with E-state index in [0.717, 1.165) is 5.56 Å². The first-order valence-electron chi connectivity index (χ1n) is 5.34. The van der Waals surface area contributed by atoms with Crippen molar-refractivity contribution < 1.29 is 9.53 Å². The lowest BCUT2D eigenvalue weighted by Gasteiger charge is -2.34. The summed E-state index contributed by atoms with van der Waals surface area (Å²) in [6, 6.07) is 9.31. The Balaban J connectivity index is 2.96. The van der Waals surface area contributed by atoms with E-state index in [-0.39, 0.29) is 0 Å². The van der Waals surface area contributed by atoms with Crippen LogP contribution in [0.4, 0.5) is 0 Å². The summed E-state index contributed by atoms with van der Waals surface area (Å²) in [6.07, 6.45) is 0. The molecule has 0 fully saturated rings. The number of alkyl halides is 6. The molecule has 0 amide bonds. The van der Waals surface area contributed by atoms with E-state index in [1.807, 2.05) is 37.3 Å². The maximum atomic E-state index is 12.4. The first-order valence-corrected chi connectivity index (χ1v) is 10.4. The van der Waals surface area contributed by atoms with Gasteiger partial charge in [-0.3, -0.25) is 0 Å². The van der Waals surface area contributed by atoms with Crippen LogP contribution < -0.4 is 0 Å². The number of rotatable bonds is 5. The number of carbonyl (C=O) groups is 1. The molecule has 2 nitrogen and oxygen atoms in total. The summed E-state index contributed by atoms with van der Waals surface area (Å²) in [5.41, 5.74) is 0.777. The van der Waals surface area contributed by atoms with Crippen LogP contribution in [0.15, 0.2) is 30.3 Å². The van der Waals surface area contributed by atoms with Crippen LogP contribution in [-0.4, -0.2) is 18.9 Å². The van der Waals surface area contributed by atoms with Crippen LogP contribution >= 0.6 is 95.6 Å². The molecular weight excluding hydrogens is 656 g/mol. The Bertz CT molecular complexity index is 472. The van der Waals surface area contributed by atoms with Gasteiger partial charge in [0.25, 0.3) is 0 Å². The van der Waals surface area contributed by atoms with Crippen LogP contribution in [0.5, 0.6) is 0 Å². The van der Waals surface area contributed by atoms with Gasteiger partial charge in [-0.1, -0.05) is 94.1 Å². The Morgan fingerprint density at radius 1 is 1.10 bits per heavy atom. The first-order chi connectivity index (χ1) is 9.04. The second kappa shape index (κ2) is 7.43. The van der Waals surface area contributed by atoms with Crippen LogP contribution in [0.25, 0.3) is 0 Å². The third-order valence-electron chi connectivity index (χ3n) is 2.49. The highest BCUT2D eigenvalue weighted by Crippen LogP contribution is 2.49. The number of esters is 1. The van der Waals surface area contributed by atoms with Crippen LogP contribution in [-0.2, 0) is 13.0 Å². The van der Waals surface area contributed by atoms with Gasteiger partial charge in [0.2, 0.25) is 3.42 Å². The molecule has 0 radical (unpaired) electrons. The molecule has 1 aromatic rings. The number of halogens is 6. The van der Waals surface area contributed by atoms with Crippen molar-refractivity contribution in [3.05, 3.63) is 35.9 Å². The Morgan fingerprint density at radius 2 is 1.60 bits per heavy atom. The summed E-state index contributed by atoms with van der Waals surface area (Å²) in [6.45, 7) is 1.86. The van der Waals surface area contributed by atoms with Gasteiger partial charge in [0.15, 0.2) is 3.23 Å². The molecule has 112 valence electrons. The minimum absolute atomic E-state index is 0.478. The largest absolute Gasteiger partial charge is 0.431 e. The predicted octanol–water partition coefficient (Wildman–Crippen LogP) is 6.16. The maximum Gasteiger partial charge on any atom is 0.337 e. The second-order valence-corrected chi connectivity index (χ2v) is 13.2. The topological polar surface area (TPSA) is 26.3 Å². The van der Waals surface area contributed by atoms with Crippen molar-refractivity contribution in [1.29, 1.82) is 0 Å². The van der Waals surface area contributed by atoms with Gasteiger partial charge in [-0.15, -0.1) is 0 Å². The average molecular weight is 666 g/mol. The molecule has 0 spiro atoms. The van der Waals surface area contributed by atoms with Crippen LogP contribution in [0, 0.1) is 0 Å². The second-order valence-electron chi connectivity index (χ2n) is 4.18. The highest BCUT2D eigenvalue weighted by Gasteiger charge is 2.51. The molecule has 0 saturated heterocycles. The molecular formula is C12H10Br6O2. The van der Waals surface area contributed by atoms with Crippen LogP contribution in [0.2, 0.25) is 0 Å². The molecule has 0 heterocycles. The number of hydrogen-bond donors (Lipinski definition) is 0. The third kappa shape index (κ3) is 4.54. The number of benzene rings is 1. The van der Waals surface area contributed by atoms with E-state index in [1.54, 1.807) is 0 Å². The Labute approximate surface area is 168 Å². The van der Waals surface area contributed by atoms with Gasteiger partial charge in [-0.05, 0) is 38.8 Å². The van der Waals surface area contributed by atoms with E-state index in [2.05, 4.69) is 95.6 Å². The monoisotopic (exact) mass is 660 g/mol. The smallest absolute Gasteiger partial charge is 0.337 e. The number of hydrogen-bond acceptors (Lipinski definition) is 2. The fourth-order valence-electron chi connectivity index (χ4n) is 1.17. The molecule has 0 aromatic heterocycles. The van der Waals surface area contributed by atoms with Crippen molar-refractivity contribution in [1.82, 2.24) is 0 Å². The zero-order valence-electron chi connectivity index (χ0n) is 10.2. The van der Waals surface area contributed by atoms with E-state index in [1.165, 1.54) is 0 Å². The zero-order chi connectivity index (χ0) is 15.6. The number of carbonyl (C=O) groups excluding carboxylic acids is 1. The summed E-state index contributed by atoms with van der Waals surface area (Å²) >= 11 is 20.4. The lowest BCUT2D eigenvalue weighted by atomic mass is 10.1. The number of ether oxygens (including phenoxy) is 1. The quantitative estimate of drug-likeness (QED) is 0.278. The first kappa shape index (κ1) is 19.6. The summed E-state index contributed by atoms with van der Waals surface area (Å²) in [7, 11) is 0. The Morgan fingerprint density at radius 3 is 2.05 bits per heavy atom. The van der Waals surface area contributed by atoms with Gasteiger partial charge in [-0.2, -0.15) is 0 Å². The van der Waals surface area contributed by atoms with Crippen molar-refractivity contribution in [3.63, 3.8) is 0 Å². The van der Waals surface area contributed by atoms with Crippen molar-refractivity contribution in [2.24, 2.45) is 0 Å². The van der Waals surface area contributed by atoms with Crippen LogP contribution in [0.3, 0.4) is 0 Å². The predicted molar refractivity (Wildman–Crippen MR) is 104 cm³/mol. The van der Waals surface area contributed by atoms with E-state index in [4.69, 9.17) is 4.74 Å².